The number of hydrogen-bond donors (Lipinski definition) is 0. The third-order valence-corrected chi connectivity index (χ3v) is 6.81. The second-order valence-electron chi connectivity index (χ2n) is 7.61. The van der Waals surface area contributed by atoms with Crippen molar-refractivity contribution >= 4 is 33.4 Å². The topological polar surface area (TPSA) is 81.5 Å². The van der Waals surface area contributed by atoms with Gasteiger partial charge in [-0.15, -0.1) is 11.3 Å². The van der Waals surface area contributed by atoms with Crippen molar-refractivity contribution in [3.05, 3.63) is 26.6 Å². The molecular formula is C20H25N3O4S. The molecule has 0 radical (unpaired) electrons. The van der Waals surface area contributed by atoms with Crippen LogP contribution in [0.15, 0.2) is 4.79 Å². The normalized spacial score (nSPS) is 18.0. The molecule has 1 fully saturated rings. The molecular weight excluding hydrogens is 378 g/mol. The van der Waals surface area contributed by atoms with Crippen LogP contribution in [0.1, 0.15) is 60.1 Å². The number of amides is 1. The number of esters is 1. The first-order valence-electron chi connectivity index (χ1n) is 10.00. The van der Waals surface area contributed by atoms with E-state index in [4.69, 9.17) is 4.74 Å². The van der Waals surface area contributed by atoms with Gasteiger partial charge in [-0.3, -0.25) is 14.2 Å². The minimum atomic E-state index is -0.839. The van der Waals surface area contributed by atoms with Gasteiger partial charge in [0.1, 0.15) is 15.5 Å². The van der Waals surface area contributed by atoms with Crippen LogP contribution < -0.4 is 5.56 Å². The fourth-order valence-corrected chi connectivity index (χ4v) is 5.16. The van der Waals surface area contributed by atoms with Crippen LogP contribution in [0.4, 0.5) is 0 Å². The molecule has 8 heteroatoms. The molecule has 1 atom stereocenters. The van der Waals surface area contributed by atoms with Crippen LogP contribution in [0.5, 0.6) is 0 Å². The molecule has 28 heavy (non-hydrogen) atoms. The Morgan fingerprint density at radius 1 is 1.11 bits per heavy atom. The van der Waals surface area contributed by atoms with Crippen LogP contribution in [0.3, 0.4) is 0 Å². The van der Waals surface area contributed by atoms with Crippen molar-refractivity contribution in [1.29, 1.82) is 0 Å². The summed E-state index contributed by atoms with van der Waals surface area (Å²) in [6.07, 6.45) is 5.10. The average Bonchev–Trinajstić information content (AvgIpc) is 3.16. The smallest absolute Gasteiger partial charge is 0.349 e. The summed E-state index contributed by atoms with van der Waals surface area (Å²) in [6.45, 7) is 5.48. The van der Waals surface area contributed by atoms with E-state index in [2.05, 4.69) is 4.98 Å². The van der Waals surface area contributed by atoms with Crippen LogP contribution in [-0.2, 0) is 22.5 Å². The fourth-order valence-electron chi connectivity index (χ4n) is 4.08. The van der Waals surface area contributed by atoms with Crippen LogP contribution in [0.25, 0.3) is 10.2 Å². The second-order valence-corrected chi connectivity index (χ2v) is 8.61. The summed E-state index contributed by atoms with van der Waals surface area (Å²) in [5, 5.41) is 0.495. The highest BCUT2D eigenvalue weighted by Gasteiger charge is 2.28. The van der Waals surface area contributed by atoms with E-state index >= 15 is 0 Å². The number of hydrogen-bond acceptors (Lipinski definition) is 6. The largest absolute Gasteiger partial charge is 0.448 e. The van der Waals surface area contributed by atoms with Gasteiger partial charge in [0, 0.05) is 26.1 Å². The zero-order chi connectivity index (χ0) is 19.8. The van der Waals surface area contributed by atoms with Crippen LogP contribution in [0.2, 0.25) is 0 Å². The zero-order valence-electron chi connectivity index (χ0n) is 16.3. The summed E-state index contributed by atoms with van der Waals surface area (Å²) < 4.78 is 7.18. The lowest BCUT2D eigenvalue weighted by atomic mass is 10.2. The monoisotopic (exact) mass is 403 g/mol. The Bertz CT molecular complexity index is 985. The molecule has 2 aromatic heterocycles. The van der Waals surface area contributed by atoms with Crippen LogP contribution in [0, 0.1) is 6.92 Å². The quantitative estimate of drug-likeness (QED) is 0.736. The van der Waals surface area contributed by atoms with Gasteiger partial charge < -0.3 is 9.64 Å². The van der Waals surface area contributed by atoms with Crippen molar-refractivity contribution in [2.45, 2.75) is 65.0 Å². The van der Waals surface area contributed by atoms with Crippen LogP contribution in [-0.4, -0.2) is 45.5 Å². The minimum Gasteiger partial charge on any atom is -0.448 e. The van der Waals surface area contributed by atoms with Crippen LogP contribution >= 0.6 is 11.3 Å². The lowest BCUT2D eigenvalue weighted by Crippen LogP contribution is -2.40. The van der Waals surface area contributed by atoms with Gasteiger partial charge >= 0.3 is 5.97 Å². The molecule has 0 aromatic carbocycles. The Morgan fingerprint density at radius 2 is 1.82 bits per heavy atom. The molecule has 0 bridgehead atoms. The summed E-state index contributed by atoms with van der Waals surface area (Å²) in [7, 11) is 0. The van der Waals surface area contributed by atoms with Gasteiger partial charge in [0.05, 0.1) is 5.39 Å². The molecule has 1 unspecified atom stereocenters. The highest BCUT2D eigenvalue weighted by atomic mass is 32.1. The average molecular weight is 404 g/mol. The number of fused-ring (bicyclic) bond motifs is 2. The lowest BCUT2D eigenvalue weighted by molar-refractivity contribution is -0.139. The van der Waals surface area contributed by atoms with E-state index in [1.165, 1.54) is 11.3 Å². The van der Waals surface area contributed by atoms with Crippen molar-refractivity contribution < 1.29 is 14.3 Å². The number of aromatic nitrogens is 2. The fraction of sp³-hybridized carbons (Fsp3) is 0.600. The number of thiophene rings is 1. The number of nitrogens with zero attached hydrogens (tertiary/aromatic N) is 3. The molecule has 2 aliphatic heterocycles. The first-order chi connectivity index (χ1) is 13.5. The molecule has 0 aliphatic carbocycles. The summed E-state index contributed by atoms with van der Waals surface area (Å²) >= 11 is 1.18. The van der Waals surface area contributed by atoms with E-state index < -0.39 is 12.1 Å². The Kier molecular flexibility index (Phi) is 5.23. The Morgan fingerprint density at radius 3 is 2.54 bits per heavy atom. The molecule has 4 rings (SSSR count). The summed E-state index contributed by atoms with van der Waals surface area (Å²) in [5.74, 6) is 0.0790. The third-order valence-electron chi connectivity index (χ3n) is 5.65. The predicted octanol–water partition coefficient (Wildman–Crippen LogP) is 2.66. The predicted molar refractivity (Wildman–Crippen MR) is 107 cm³/mol. The highest BCUT2D eigenvalue weighted by molar-refractivity contribution is 7.20. The molecule has 1 saturated heterocycles. The Balaban J connectivity index is 1.55. The number of carbonyl (C=O) groups is 2. The van der Waals surface area contributed by atoms with Crippen molar-refractivity contribution in [1.82, 2.24) is 14.5 Å². The van der Waals surface area contributed by atoms with E-state index in [0.717, 1.165) is 57.4 Å². The first-order valence-corrected chi connectivity index (χ1v) is 10.8. The first kappa shape index (κ1) is 19.1. The standard InChI is InChI=1S/C20H25N3O4S/c1-12-15-17(21-14-8-7-11-23(14)19(15)25)28-16(12)20(26)27-13(2)18(24)22-9-5-3-4-6-10-22/h13H,3-11H2,1-2H3. The van der Waals surface area contributed by atoms with Crippen molar-refractivity contribution in [2.24, 2.45) is 0 Å². The number of aryl methyl sites for hydroxylation is 2. The molecule has 1 amide bonds. The van der Waals surface area contributed by atoms with E-state index in [0.29, 0.717) is 27.2 Å². The van der Waals surface area contributed by atoms with E-state index in [-0.39, 0.29) is 11.5 Å². The number of rotatable bonds is 3. The van der Waals surface area contributed by atoms with Crippen molar-refractivity contribution in [2.75, 3.05) is 13.1 Å². The van der Waals surface area contributed by atoms with Gasteiger partial charge in [-0.1, -0.05) is 12.8 Å². The van der Waals surface area contributed by atoms with Crippen molar-refractivity contribution in [3.8, 4) is 0 Å². The second kappa shape index (κ2) is 7.66. The van der Waals surface area contributed by atoms with Gasteiger partial charge in [-0.2, -0.15) is 0 Å². The SMILES string of the molecule is Cc1c(C(=O)OC(C)C(=O)N2CCCCCC2)sc2nc3n(c(=O)c12)CCC3. The third kappa shape index (κ3) is 3.34. The molecule has 4 heterocycles. The number of ether oxygens (including phenoxy) is 1. The Labute approximate surface area is 167 Å². The van der Waals surface area contributed by atoms with Gasteiger partial charge in [-0.25, -0.2) is 9.78 Å². The number of likely N-dealkylation sites (tertiary alicyclic amines) is 1. The van der Waals surface area contributed by atoms with Gasteiger partial charge in [0.2, 0.25) is 0 Å². The highest BCUT2D eigenvalue weighted by Crippen LogP contribution is 2.29. The molecule has 0 spiro atoms. The van der Waals surface area contributed by atoms with E-state index in [1.807, 2.05) is 0 Å². The van der Waals surface area contributed by atoms with Gasteiger partial charge in [-0.05, 0) is 38.7 Å². The van der Waals surface area contributed by atoms with E-state index in [9.17, 15) is 14.4 Å². The molecule has 2 aromatic rings. The molecule has 7 nitrogen and oxygen atoms in total. The van der Waals surface area contributed by atoms with Gasteiger partial charge in [0.25, 0.3) is 11.5 Å². The molecule has 0 saturated carbocycles. The Hall–Kier alpha value is -2.22. The summed E-state index contributed by atoms with van der Waals surface area (Å²) in [4.78, 5) is 45.5. The zero-order valence-corrected chi connectivity index (χ0v) is 17.1. The lowest BCUT2D eigenvalue weighted by Gasteiger charge is -2.23. The minimum absolute atomic E-state index is 0.0843. The maximum absolute atomic E-state index is 12.8. The summed E-state index contributed by atoms with van der Waals surface area (Å²) in [5.41, 5.74) is 0.512. The maximum Gasteiger partial charge on any atom is 0.349 e. The number of carbonyl (C=O) groups excluding carboxylic acids is 2. The molecule has 2 aliphatic rings. The van der Waals surface area contributed by atoms with Crippen molar-refractivity contribution in [3.63, 3.8) is 0 Å². The van der Waals surface area contributed by atoms with Gasteiger partial charge in [0.15, 0.2) is 6.10 Å². The molecule has 0 N–H and O–H groups in total. The summed E-state index contributed by atoms with van der Waals surface area (Å²) in [6, 6.07) is 0. The maximum atomic E-state index is 12.8. The van der Waals surface area contributed by atoms with E-state index in [1.54, 1.807) is 23.3 Å². The molecule has 150 valence electrons.